The van der Waals surface area contributed by atoms with E-state index in [0.717, 1.165) is 6.54 Å². The third kappa shape index (κ3) is 0.936. The van der Waals surface area contributed by atoms with Gasteiger partial charge in [0.1, 0.15) is 0 Å². The highest BCUT2D eigenvalue weighted by molar-refractivity contribution is 9.10. The minimum atomic E-state index is -0.158. The topological polar surface area (TPSA) is 59.8 Å². The Morgan fingerprint density at radius 1 is 1.55 bits per heavy atom. The van der Waals surface area contributed by atoms with Crippen LogP contribution in [0, 0.1) is 0 Å². The molecule has 0 bridgehead atoms. The van der Waals surface area contributed by atoms with E-state index in [4.69, 9.17) is 0 Å². The van der Waals surface area contributed by atoms with Crippen LogP contribution in [0.2, 0.25) is 0 Å². The summed E-state index contributed by atoms with van der Waals surface area (Å²) in [5, 5.41) is 10.1. The molecule has 5 nitrogen and oxygen atoms in total. The van der Waals surface area contributed by atoms with Crippen LogP contribution < -0.4 is 5.32 Å². The van der Waals surface area contributed by atoms with Crippen molar-refractivity contribution in [2.24, 2.45) is 0 Å². The molecule has 0 spiro atoms. The van der Waals surface area contributed by atoms with Crippen molar-refractivity contribution in [3.63, 3.8) is 0 Å². The number of aromatic nitrogens is 3. The maximum absolute atomic E-state index is 11.0. The lowest BCUT2D eigenvalue weighted by Crippen LogP contribution is -2.35. The standard InChI is InChI=1S/C5H5BrN4O/c6-5-9-8-3-4(11)7-1-2-10(3)5/h1-2H2,(H,7,11). The van der Waals surface area contributed by atoms with Gasteiger partial charge in [-0.25, -0.2) is 0 Å². The zero-order valence-electron chi connectivity index (χ0n) is 5.54. The summed E-state index contributed by atoms with van der Waals surface area (Å²) in [6, 6.07) is 0. The fraction of sp³-hybridized carbons (Fsp3) is 0.400. The number of halogens is 1. The van der Waals surface area contributed by atoms with E-state index in [1.165, 1.54) is 0 Å². The first-order valence-electron chi connectivity index (χ1n) is 3.16. The summed E-state index contributed by atoms with van der Waals surface area (Å²) >= 11 is 3.19. The van der Waals surface area contributed by atoms with Gasteiger partial charge >= 0.3 is 0 Å². The average Bonchev–Trinajstić information content (AvgIpc) is 2.35. The number of nitrogens with zero attached hydrogens (tertiary/aromatic N) is 3. The molecular formula is C5H5BrN4O. The highest BCUT2D eigenvalue weighted by Crippen LogP contribution is 2.10. The van der Waals surface area contributed by atoms with Crippen LogP contribution >= 0.6 is 15.9 Å². The monoisotopic (exact) mass is 216 g/mol. The zero-order valence-corrected chi connectivity index (χ0v) is 7.13. The van der Waals surface area contributed by atoms with Crippen LogP contribution in [-0.4, -0.2) is 27.2 Å². The van der Waals surface area contributed by atoms with E-state index in [9.17, 15) is 4.79 Å². The van der Waals surface area contributed by atoms with Gasteiger partial charge in [-0.15, -0.1) is 10.2 Å². The Morgan fingerprint density at radius 2 is 2.36 bits per heavy atom. The maximum atomic E-state index is 11.0. The Morgan fingerprint density at radius 3 is 3.09 bits per heavy atom. The first-order valence-corrected chi connectivity index (χ1v) is 3.95. The van der Waals surface area contributed by atoms with Crippen molar-refractivity contribution >= 4 is 21.8 Å². The van der Waals surface area contributed by atoms with Crippen molar-refractivity contribution in [2.75, 3.05) is 6.54 Å². The quantitative estimate of drug-likeness (QED) is 0.653. The van der Waals surface area contributed by atoms with Gasteiger partial charge < -0.3 is 5.32 Å². The van der Waals surface area contributed by atoms with E-state index in [0.29, 0.717) is 17.1 Å². The molecule has 1 N–H and O–H groups in total. The van der Waals surface area contributed by atoms with Gasteiger partial charge in [0.25, 0.3) is 5.91 Å². The van der Waals surface area contributed by atoms with E-state index in [1.54, 1.807) is 4.57 Å². The fourth-order valence-electron chi connectivity index (χ4n) is 1.01. The number of nitrogens with one attached hydrogen (secondary N) is 1. The van der Waals surface area contributed by atoms with Gasteiger partial charge in [-0.3, -0.25) is 9.36 Å². The molecule has 1 aliphatic heterocycles. The number of fused-ring (bicyclic) bond motifs is 1. The predicted molar refractivity (Wildman–Crippen MR) is 40.1 cm³/mol. The van der Waals surface area contributed by atoms with Crippen LogP contribution in [0.1, 0.15) is 10.6 Å². The van der Waals surface area contributed by atoms with Gasteiger partial charge in [0.15, 0.2) is 0 Å². The molecule has 0 fully saturated rings. The normalized spacial score (nSPS) is 15.9. The molecule has 1 amide bonds. The molecule has 1 aromatic rings. The Hall–Kier alpha value is -0.910. The third-order valence-corrected chi connectivity index (χ3v) is 2.12. The molecule has 2 rings (SSSR count). The van der Waals surface area contributed by atoms with Crippen LogP contribution in [0.25, 0.3) is 0 Å². The second-order valence-corrected chi connectivity index (χ2v) is 2.91. The highest BCUT2D eigenvalue weighted by atomic mass is 79.9. The highest BCUT2D eigenvalue weighted by Gasteiger charge is 2.20. The second-order valence-electron chi connectivity index (χ2n) is 2.20. The van der Waals surface area contributed by atoms with Crippen molar-refractivity contribution in [3.05, 3.63) is 10.6 Å². The van der Waals surface area contributed by atoms with Gasteiger partial charge in [-0.05, 0) is 15.9 Å². The summed E-state index contributed by atoms with van der Waals surface area (Å²) in [5.41, 5.74) is 0. The SMILES string of the molecule is O=C1NCCn2c(Br)nnc21. The zero-order chi connectivity index (χ0) is 7.84. The summed E-state index contributed by atoms with van der Waals surface area (Å²) in [4.78, 5) is 11.0. The minimum absolute atomic E-state index is 0.158. The average molecular weight is 217 g/mol. The molecule has 0 unspecified atom stereocenters. The molecule has 11 heavy (non-hydrogen) atoms. The summed E-state index contributed by atoms with van der Waals surface area (Å²) in [6.45, 7) is 1.37. The molecule has 0 radical (unpaired) electrons. The van der Waals surface area contributed by atoms with Crippen molar-refractivity contribution in [1.82, 2.24) is 20.1 Å². The Labute approximate surface area is 70.9 Å². The van der Waals surface area contributed by atoms with Crippen molar-refractivity contribution < 1.29 is 4.79 Å². The van der Waals surface area contributed by atoms with Crippen LogP contribution in [0.3, 0.4) is 0 Å². The lowest BCUT2D eigenvalue weighted by Gasteiger charge is -2.13. The molecule has 0 aliphatic carbocycles. The molecule has 0 aromatic carbocycles. The van der Waals surface area contributed by atoms with E-state index in [2.05, 4.69) is 31.4 Å². The number of rotatable bonds is 0. The molecule has 6 heteroatoms. The molecule has 0 atom stereocenters. The fourth-order valence-corrected chi connectivity index (χ4v) is 1.43. The largest absolute Gasteiger partial charge is 0.348 e. The number of hydrogen-bond acceptors (Lipinski definition) is 3. The summed E-state index contributed by atoms with van der Waals surface area (Å²) in [7, 11) is 0. The van der Waals surface area contributed by atoms with Crippen LogP contribution in [0.15, 0.2) is 4.73 Å². The van der Waals surface area contributed by atoms with E-state index in [-0.39, 0.29) is 5.91 Å². The molecule has 58 valence electrons. The van der Waals surface area contributed by atoms with Gasteiger partial charge in [0.05, 0.1) is 0 Å². The van der Waals surface area contributed by atoms with Crippen molar-refractivity contribution in [1.29, 1.82) is 0 Å². The van der Waals surface area contributed by atoms with Gasteiger partial charge in [0.2, 0.25) is 10.6 Å². The summed E-state index contributed by atoms with van der Waals surface area (Å²) in [6.07, 6.45) is 0. The lowest BCUT2D eigenvalue weighted by atomic mass is 10.4. The van der Waals surface area contributed by atoms with E-state index < -0.39 is 0 Å². The lowest BCUT2D eigenvalue weighted by molar-refractivity contribution is 0.0921. The van der Waals surface area contributed by atoms with Crippen LogP contribution in [0.5, 0.6) is 0 Å². The summed E-state index contributed by atoms with van der Waals surface area (Å²) < 4.78 is 2.35. The first-order chi connectivity index (χ1) is 5.29. The van der Waals surface area contributed by atoms with E-state index in [1.807, 2.05) is 0 Å². The number of carbonyl (C=O) groups excluding carboxylic acids is 1. The minimum Gasteiger partial charge on any atom is -0.348 e. The summed E-state index contributed by atoms with van der Waals surface area (Å²) in [5.74, 6) is 0.220. The van der Waals surface area contributed by atoms with Gasteiger partial charge in [-0.2, -0.15) is 0 Å². The van der Waals surface area contributed by atoms with Gasteiger partial charge in [0, 0.05) is 13.1 Å². The smallest absolute Gasteiger partial charge is 0.289 e. The second kappa shape index (κ2) is 2.30. The third-order valence-electron chi connectivity index (χ3n) is 1.53. The molecule has 1 aliphatic rings. The number of amides is 1. The van der Waals surface area contributed by atoms with Crippen molar-refractivity contribution in [3.8, 4) is 0 Å². The Balaban J connectivity index is 2.55. The Bertz CT molecular complexity index is 307. The molecule has 0 saturated heterocycles. The van der Waals surface area contributed by atoms with Gasteiger partial charge in [-0.1, -0.05) is 0 Å². The van der Waals surface area contributed by atoms with Crippen LogP contribution in [0.4, 0.5) is 0 Å². The van der Waals surface area contributed by atoms with Crippen LogP contribution in [-0.2, 0) is 6.54 Å². The number of hydrogen-bond donors (Lipinski definition) is 1. The Kier molecular flexibility index (Phi) is 1.42. The molecule has 2 heterocycles. The molecule has 1 aromatic heterocycles. The maximum Gasteiger partial charge on any atom is 0.289 e. The molecular weight excluding hydrogens is 212 g/mol. The number of carbonyl (C=O) groups is 1. The van der Waals surface area contributed by atoms with Crippen molar-refractivity contribution in [2.45, 2.75) is 6.54 Å². The van der Waals surface area contributed by atoms with E-state index >= 15 is 0 Å². The predicted octanol–water partition coefficient (Wildman–Crippen LogP) is -0.216. The molecule has 0 saturated carbocycles. The first kappa shape index (κ1) is 6.78.